The normalized spacial score (nSPS) is 13.3. The summed E-state index contributed by atoms with van der Waals surface area (Å²) in [5.41, 5.74) is 2.82. The second kappa shape index (κ2) is 3.82. The maximum absolute atomic E-state index is 12.2. The molecule has 0 bridgehead atoms. The van der Waals surface area contributed by atoms with Crippen molar-refractivity contribution in [1.29, 1.82) is 0 Å². The molecule has 2 heterocycles. The minimum Gasteiger partial charge on any atom is -0.325 e. The van der Waals surface area contributed by atoms with Gasteiger partial charge >= 0.3 is 0 Å². The first-order valence-corrected chi connectivity index (χ1v) is 6.18. The number of para-hydroxylation sites is 1. The smallest absolute Gasteiger partial charge is 0.228 e. The van der Waals surface area contributed by atoms with Crippen molar-refractivity contribution in [3.63, 3.8) is 0 Å². The fraction of sp³-hybridized carbons (Fsp3) is 0.0769. The molecule has 3 rings (SSSR count). The number of anilines is 1. The molecular formula is C13H9NO2S. The van der Waals surface area contributed by atoms with Crippen molar-refractivity contribution in [3.8, 4) is 0 Å². The van der Waals surface area contributed by atoms with E-state index in [0.717, 1.165) is 5.56 Å². The Hall–Kier alpha value is -1.94. The molecule has 1 aliphatic rings. The van der Waals surface area contributed by atoms with E-state index in [2.05, 4.69) is 5.32 Å². The molecular weight excluding hydrogens is 234 g/mol. The standard InChI is InChI=1S/C13H9NO2S/c15-11-6-8-2-1-3-10(12(8)14-11)13(16)9-4-5-17-7-9/h1-5,7H,6H2,(H,14,15). The highest BCUT2D eigenvalue weighted by Gasteiger charge is 2.23. The molecule has 0 spiro atoms. The van der Waals surface area contributed by atoms with Crippen LogP contribution in [0.4, 0.5) is 5.69 Å². The van der Waals surface area contributed by atoms with Gasteiger partial charge in [-0.1, -0.05) is 12.1 Å². The first-order chi connectivity index (χ1) is 8.25. The van der Waals surface area contributed by atoms with E-state index in [1.54, 1.807) is 12.1 Å². The van der Waals surface area contributed by atoms with E-state index in [4.69, 9.17) is 0 Å². The molecule has 2 aromatic rings. The van der Waals surface area contributed by atoms with Gasteiger partial charge in [0, 0.05) is 16.5 Å². The molecule has 4 heteroatoms. The van der Waals surface area contributed by atoms with Crippen LogP contribution in [0.2, 0.25) is 0 Å². The van der Waals surface area contributed by atoms with Crippen molar-refractivity contribution in [2.75, 3.05) is 5.32 Å². The lowest BCUT2D eigenvalue weighted by Crippen LogP contribution is -2.07. The molecule has 0 saturated heterocycles. The van der Waals surface area contributed by atoms with E-state index in [1.165, 1.54) is 11.3 Å². The van der Waals surface area contributed by atoms with Crippen molar-refractivity contribution in [2.24, 2.45) is 0 Å². The third-order valence-electron chi connectivity index (χ3n) is 2.79. The van der Waals surface area contributed by atoms with Crippen molar-refractivity contribution in [1.82, 2.24) is 0 Å². The van der Waals surface area contributed by atoms with Crippen molar-refractivity contribution >= 4 is 28.7 Å². The Balaban J connectivity index is 2.08. The minimum absolute atomic E-state index is 0.0368. The summed E-state index contributed by atoms with van der Waals surface area (Å²) in [5, 5.41) is 6.44. The summed E-state index contributed by atoms with van der Waals surface area (Å²) in [6, 6.07) is 7.24. The SMILES string of the molecule is O=C1Cc2cccc(C(=O)c3ccsc3)c2N1. The number of fused-ring (bicyclic) bond motifs is 1. The molecule has 84 valence electrons. The Bertz CT molecular complexity index is 602. The van der Waals surface area contributed by atoms with Gasteiger partial charge in [0.1, 0.15) is 0 Å². The molecule has 0 atom stereocenters. The third-order valence-corrected chi connectivity index (χ3v) is 3.48. The Morgan fingerprint density at radius 2 is 2.18 bits per heavy atom. The lowest BCUT2D eigenvalue weighted by Gasteiger charge is -2.05. The van der Waals surface area contributed by atoms with Gasteiger partial charge < -0.3 is 5.32 Å². The number of amides is 1. The van der Waals surface area contributed by atoms with Gasteiger partial charge in [-0.05, 0) is 23.1 Å². The first kappa shape index (κ1) is 10.2. The summed E-state index contributed by atoms with van der Waals surface area (Å²) in [4.78, 5) is 23.6. The van der Waals surface area contributed by atoms with Crippen LogP contribution in [-0.4, -0.2) is 11.7 Å². The maximum atomic E-state index is 12.2. The number of nitrogens with one attached hydrogen (secondary N) is 1. The molecule has 1 N–H and O–H groups in total. The Morgan fingerprint density at radius 3 is 2.94 bits per heavy atom. The van der Waals surface area contributed by atoms with E-state index in [1.807, 2.05) is 22.9 Å². The number of ketones is 1. The molecule has 1 aliphatic heterocycles. The summed E-state index contributed by atoms with van der Waals surface area (Å²) >= 11 is 1.49. The van der Waals surface area contributed by atoms with Crippen molar-refractivity contribution in [3.05, 3.63) is 51.7 Å². The minimum atomic E-state index is -0.0504. The molecule has 0 saturated carbocycles. The zero-order valence-electron chi connectivity index (χ0n) is 8.90. The predicted molar refractivity (Wildman–Crippen MR) is 66.5 cm³/mol. The fourth-order valence-corrected chi connectivity index (χ4v) is 2.63. The maximum Gasteiger partial charge on any atom is 0.228 e. The van der Waals surface area contributed by atoms with Gasteiger partial charge in [-0.15, -0.1) is 0 Å². The number of rotatable bonds is 2. The number of hydrogen-bond acceptors (Lipinski definition) is 3. The summed E-state index contributed by atoms with van der Waals surface area (Å²) in [7, 11) is 0. The highest BCUT2D eigenvalue weighted by Crippen LogP contribution is 2.29. The fourth-order valence-electron chi connectivity index (χ4n) is 1.99. The number of hydrogen-bond donors (Lipinski definition) is 1. The van der Waals surface area contributed by atoms with Crippen LogP contribution in [0, 0.1) is 0 Å². The molecule has 3 nitrogen and oxygen atoms in total. The quantitative estimate of drug-likeness (QED) is 0.824. The number of thiophene rings is 1. The largest absolute Gasteiger partial charge is 0.325 e. The van der Waals surface area contributed by atoms with Crippen LogP contribution in [0.25, 0.3) is 0 Å². The van der Waals surface area contributed by atoms with Crippen LogP contribution in [0.3, 0.4) is 0 Å². The molecule has 17 heavy (non-hydrogen) atoms. The van der Waals surface area contributed by atoms with Gasteiger partial charge in [0.15, 0.2) is 5.78 Å². The lowest BCUT2D eigenvalue weighted by atomic mass is 10.0. The number of carbonyl (C=O) groups is 2. The van der Waals surface area contributed by atoms with Gasteiger partial charge in [0.05, 0.1) is 12.1 Å². The molecule has 1 aromatic carbocycles. The highest BCUT2D eigenvalue weighted by molar-refractivity contribution is 7.08. The van der Waals surface area contributed by atoms with Crippen LogP contribution in [0.15, 0.2) is 35.0 Å². The van der Waals surface area contributed by atoms with E-state index in [9.17, 15) is 9.59 Å². The van der Waals surface area contributed by atoms with E-state index in [0.29, 0.717) is 23.2 Å². The molecule has 0 fully saturated rings. The highest BCUT2D eigenvalue weighted by atomic mass is 32.1. The van der Waals surface area contributed by atoms with Gasteiger partial charge in [-0.3, -0.25) is 9.59 Å². The molecule has 0 aliphatic carbocycles. The second-order valence-corrected chi connectivity index (χ2v) is 4.69. The van der Waals surface area contributed by atoms with E-state index >= 15 is 0 Å². The Morgan fingerprint density at radius 1 is 1.29 bits per heavy atom. The van der Waals surface area contributed by atoms with Gasteiger partial charge in [-0.2, -0.15) is 11.3 Å². The average molecular weight is 243 g/mol. The summed E-state index contributed by atoms with van der Waals surface area (Å²) in [5.74, 6) is -0.0872. The number of benzene rings is 1. The van der Waals surface area contributed by atoms with Crippen LogP contribution < -0.4 is 5.32 Å². The topological polar surface area (TPSA) is 46.2 Å². The molecule has 0 unspecified atom stereocenters. The third kappa shape index (κ3) is 1.66. The van der Waals surface area contributed by atoms with Crippen LogP contribution in [0.5, 0.6) is 0 Å². The predicted octanol–water partition coefficient (Wildman–Crippen LogP) is 2.47. The average Bonchev–Trinajstić information content (AvgIpc) is 2.94. The Kier molecular flexibility index (Phi) is 2.30. The second-order valence-electron chi connectivity index (χ2n) is 3.91. The zero-order chi connectivity index (χ0) is 11.8. The van der Waals surface area contributed by atoms with Crippen molar-refractivity contribution < 1.29 is 9.59 Å². The zero-order valence-corrected chi connectivity index (χ0v) is 9.71. The summed E-state index contributed by atoms with van der Waals surface area (Å²) in [6.07, 6.45) is 0.361. The molecule has 1 aromatic heterocycles. The lowest BCUT2D eigenvalue weighted by molar-refractivity contribution is -0.115. The van der Waals surface area contributed by atoms with Gasteiger partial charge in [0.25, 0.3) is 0 Å². The van der Waals surface area contributed by atoms with Crippen LogP contribution in [-0.2, 0) is 11.2 Å². The van der Waals surface area contributed by atoms with Crippen LogP contribution >= 0.6 is 11.3 Å². The van der Waals surface area contributed by atoms with E-state index < -0.39 is 0 Å². The summed E-state index contributed by atoms with van der Waals surface area (Å²) in [6.45, 7) is 0. The van der Waals surface area contributed by atoms with Gasteiger partial charge in [-0.25, -0.2) is 0 Å². The summed E-state index contributed by atoms with van der Waals surface area (Å²) < 4.78 is 0. The van der Waals surface area contributed by atoms with Crippen molar-refractivity contribution in [2.45, 2.75) is 6.42 Å². The van der Waals surface area contributed by atoms with Gasteiger partial charge in [0.2, 0.25) is 5.91 Å². The van der Waals surface area contributed by atoms with Crippen LogP contribution in [0.1, 0.15) is 21.5 Å². The monoisotopic (exact) mass is 243 g/mol. The van der Waals surface area contributed by atoms with E-state index in [-0.39, 0.29) is 11.7 Å². The molecule has 1 amide bonds. The first-order valence-electron chi connectivity index (χ1n) is 5.24. The number of carbonyl (C=O) groups excluding carboxylic acids is 2. The molecule has 0 radical (unpaired) electrons. The Labute approximate surface area is 102 Å².